The smallest absolute Gasteiger partial charge is 0.326 e. The van der Waals surface area contributed by atoms with Crippen molar-refractivity contribution < 1.29 is 29.1 Å². The highest BCUT2D eigenvalue weighted by atomic mass is 32.1. The number of thiol groups is 1. The van der Waals surface area contributed by atoms with Crippen LogP contribution in [0, 0.1) is 0 Å². The number of carbonyl (C=O) groups excluding carboxylic acids is 4. The number of nitrogens with zero attached hydrogens (tertiary/aromatic N) is 2. The van der Waals surface area contributed by atoms with E-state index in [0.29, 0.717) is 5.69 Å². The topological polar surface area (TPSA) is 287 Å². The molecular weight excluding hydrogens is 496 g/mol. The lowest BCUT2D eigenvalue weighted by Crippen LogP contribution is -2.58. The first-order chi connectivity index (χ1) is 16.9. The highest BCUT2D eigenvalue weighted by Crippen LogP contribution is 2.04. The molecule has 13 N–H and O–H groups in total. The van der Waals surface area contributed by atoms with Crippen LogP contribution in [0.5, 0.6) is 0 Å². The first-order valence-corrected chi connectivity index (χ1v) is 11.4. The summed E-state index contributed by atoms with van der Waals surface area (Å²) < 4.78 is 0. The van der Waals surface area contributed by atoms with Gasteiger partial charge in [-0.3, -0.25) is 24.2 Å². The van der Waals surface area contributed by atoms with Crippen molar-refractivity contribution in [1.29, 1.82) is 0 Å². The molecule has 0 aliphatic carbocycles. The Hall–Kier alpha value is -3.86. The van der Waals surface area contributed by atoms with E-state index in [-0.39, 0.29) is 37.5 Å². The van der Waals surface area contributed by atoms with E-state index >= 15 is 0 Å². The van der Waals surface area contributed by atoms with Gasteiger partial charge >= 0.3 is 5.97 Å². The summed E-state index contributed by atoms with van der Waals surface area (Å²) in [4.78, 5) is 70.9. The summed E-state index contributed by atoms with van der Waals surface area (Å²) in [5.41, 5.74) is 21.7. The SMILES string of the molecule is NC(=O)CC(N)C(=O)NC(CS)C(=O)NC(CCCN=C(N)N)C(=O)NC(Cc1cnc[nH]1)C(=O)O. The number of carboxylic acids is 1. The summed E-state index contributed by atoms with van der Waals surface area (Å²) in [5, 5.41) is 16.7. The number of guanidine groups is 1. The number of imidazole rings is 1. The molecule has 4 amide bonds. The number of primary amides is 1. The number of carbonyl (C=O) groups is 5. The fraction of sp³-hybridized carbons (Fsp3) is 0.526. The van der Waals surface area contributed by atoms with Gasteiger partial charge in [0.2, 0.25) is 23.6 Å². The lowest BCUT2D eigenvalue weighted by atomic mass is 10.1. The molecule has 0 saturated heterocycles. The van der Waals surface area contributed by atoms with Crippen LogP contribution in [0.15, 0.2) is 17.5 Å². The van der Waals surface area contributed by atoms with Gasteiger partial charge in [-0.05, 0) is 12.8 Å². The zero-order valence-corrected chi connectivity index (χ0v) is 20.2. The van der Waals surface area contributed by atoms with E-state index < -0.39 is 60.2 Å². The molecule has 1 rings (SSSR count). The Morgan fingerprint density at radius 2 is 1.64 bits per heavy atom. The summed E-state index contributed by atoms with van der Waals surface area (Å²) in [7, 11) is 0. The summed E-state index contributed by atoms with van der Waals surface area (Å²) >= 11 is 4.04. The third-order valence-electron chi connectivity index (χ3n) is 4.75. The van der Waals surface area contributed by atoms with Crippen LogP contribution >= 0.6 is 12.6 Å². The van der Waals surface area contributed by atoms with E-state index in [1.807, 2.05) is 0 Å². The van der Waals surface area contributed by atoms with E-state index in [2.05, 4.69) is 43.5 Å². The lowest BCUT2D eigenvalue weighted by molar-refractivity contribution is -0.142. The predicted molar refractivity (Wildman–Crippen MR) is 131 cm³/mol. The van der Waals surface area contributed by atoms with E-state index in [1.54, 1.807) is 0 Å². The highest BCUT2D eigenvalue weighted by molar-refractivity contribution is 7.80. The third kappa shape index (κ3) is 11.0. The number of aromatic nitrogens is 2. The van der Waals surface area contributed by atoms with Gasteiger partial charge in [0.05, 0.1) is 18.8 Å². The number of aliphatic imine (C=N–C) groups is 1. The zero-order valence-electron chi connectivity index (χ0n) is 19.3. The maximum Gasteiger partial charge on any atom is 0.326 e. The molecule has 1 heterocycles. The van der Waals surface area contributed by atoms with E-state index in [4.69, 9.17) is 22.9 Å². The summed E-state index contributed by atoms with van der Waals surface area (Å²) in [6.45, 7) is 0.146. The molecule has 0 spiro atoms. The molecule has 0 saturated carbocycles. The van der Waals surface area contributed by atoms with Gasteiger partial charge in [-0.25, -0.2) is 9.78 Å². The maximum atomic E-state index is 12.9. The number of H-pyrrole nitrogens is 1. The molecule has 1 aromatic rings. The fourth-order valence-corrected chi connectivity index (χ4v) is 3.17. The van der Waals surface area contributed by atoms with Crippen molar-refractivity contribution in [3.63, 3.8) is 0 Å². The van der Waals surface area contributed by atoms with Gasteiger partial charge in [0.15, 0.2) is 5.96 Å². The van der Waals surface area contributed by atoms with Crippen molar-refractivity contribution in [2.75, 3.05) is 12.3 Å². The molecule has 16 nitrogen and oxygen atoms in total. The number of amides is 4. The van der Waals surface area contributed by atoms with Crippen LogP contribution in [0.1, 0.15) is 25.0 Å². The number of aliphatic carboxylic acids is 1. The lowest BCUT2D eigenvalue weighted by Gasteiger charge is -2.24. The number of carboxylic acid groups (broad SMARTS) is 1. The molecule has 0 aliphatic rings. The quantitative estimate of drug-likeness (QED) is 0.0426. The Morgan fingerprint density at radius 1 is 1.03 bits per heavy atom. The van der Waals surface area contributed by atoms with Gasteiger partial charge in [0.1, 0.15) is 18.1 Å². The first kappa shape index (κ1) is 30.2. The maximum absolute atomic E-state index is 12.9. The molecule has 0 aliphatic heterocycles. The number of rotatable bonds is 16. The van der Waals surface area contributed by atoms with Crippen molar-refractivity contribution in [3.8, 4) is 0 Å². The van der Waals surface area contributed by atoms with Crippen molar-refractivity contribution in [2.24, 2.45) is 27.9 Å². The third-order valence-corrected chi connectivity index (χ3v) is 5.11. The van der Waals surface area contributed by atoms with E-state index in [1.165, 1.54) is 12.5 Å². The second-order valence-corrected chi connectivity index (χ2v) is 8.08. The molecule has 200 valence electrons. The summed E-state index contributed by atoms with van der Waals surface area (Å²) in [6.07, 6.45) is 2.57. The van der Waals surface area contributed by atoms with Crippen molar-refractivity contribution in [3.05, 3.63) is 18.2 Å². The van der Waals surface area contributed by atoms with Crippen LogP contribution in [0.3, 0.4) is 0 Å². The van der Waals surface area contributed by atoms with Crippen LogP contribution in [0.4, 0.5) is 0 Å². The molecule has 36 heavy (non-hydrogen) atoms. The number of nitrogens with two attached hydrogens (primary N) is 4. The van der Waals surface area contributed by atoms with Crippen LogP contribution < -0.4 is 38.9 Å². The predicted octanol–water partition coefficient (Wildman–Crippen LogP) is -4.32. The van der Waals surface area contributed by atoms with Crippen LogP contribution in [0.2, 0.25) is 0 Å². The Balaban J connectivity index is 2.94. The molecule has 0 fully saturated rings. The highest BCUT2D eigenvalue weighted by Gasteiger charge is 2.30. The normalized spacial score (nSPS) is 13.9. The van der Waals surface area contributed by atoms with Gasteiger partial charge in [0.25, 0.3) is 0 Å². The molecule has 4 atom stereocenters. The molecule has 0 radical (unpaired) electrons. The van der Waals surface area contributed by atoms with Gasteiger partial charge in [0, 0.05) is 30.6 Å². The number of hydrogen-bond acceptors (Lipinski definition) is 9. The van der Waals surface area contributed by atoms with Crippen LogP contribution in [-0.2, 0) is 30.4 Å². The molecule has 4 unspecified atom stereocenters. The Kier molecular flexibility index (Phi) is 12.7. The molecular formula is C19H32N10O6S. The summed E-state index contributed by atoms with van der Waals surface area (Å²) in [6, 6.07) is -5.01. The van der Waals surface area contributed by atoms with Crippen molar-refractivity contribution in [2.45, 2.75) is 49.9 Å². The number of nitrogens with one attached hydrogen (secondary N) is 4. The minimum atomic E-state index is -1.32. The summed E-state index contributed by atoms with van der Waals surface area (Å²) in [5.74, 6) is -4.81. The van der Waals surface area contributed by atoms with E-state index in [0.717, 1.165) is 0 Å². The van der Waals surface area contributed by atoms with Gasteiger partial charge < -0.3 is 49.0 Å². The van der Waals surface area contributed by atoms with E-state index in [9.17, 15) is 29.1 Å². The van der Waals surface area contributed by atoms with Gasteiger partial charge in [-0.2, -0.15) is 12.6 Å². The monoisotopic (exact) mass is 528 g/mol. The Labute approximate surface area is 211 Å². The van der Waals surface area contributed by atoms with Crippen LogP contribution in [-0.4, -0.2) is 87.1 Å². The number of aromatic amines is 1. The number of hydrogen-bond donors (Lipinski definition) is 10. The van der Waals surface area contributed by atoms with Crippen molar-refractivity contribution in [1.82, 2.24) is 25.9 Å². The Morgan fingerprint density at radius 3 is 2.17 bits per heavy atom. The minimum Gasteiger partial charge on any atom is -0.480 e. The average molecular weight is 529 g/mol. The standard InChI is InChI=1S/C19H32N10O6S/c20-10(5-14(21)30)15(31)29-13(7-36)17(33)27-11(2-1-3-25-19(22)23)16(32)28-12(18(34)35)4-9-6-24-8-26-9/h6,8,10-13,36H,1-5,7,20H2,(H2,21,30)(H,24,26)(H,27,33)(H,28,32)(H,29,31)(H,34,35)(H4,22,23,25). The zero-order chi connectivity index (χ0) is 27.3. The van der Waals surface area contributed by atoms with Crippen molar-refractivity contribution >= 4 is 48.2 Å². The largest absolute Gasteiger partial charge is 0.480 e. The van der Waals surface area contributed by atoms with Gasteiger partial charge in [-0.1, -0.05) is 0 Å². The second-order valence-electron chi connectivity index (χ2n) is 7.71. The molecule has 17 heteroatoms. The fourth-order valence-electron chi connectivity index (χ4n) is 2.92. The molecule has 0 aromatic carbocycles. The minimum absolute atomic E-state index is 0.0409. The van der Waals surface area contributed by atoms with Gasteiger partial charge in [-0.15, -0.1) is 0 Å². The van der Waals surface area contributed by atoms with Crippen LogP contribution in [0.25, 0.3) is 0 Å². The first-order valence-electron chi connectivity index (χ1n) is 10.8. The second kappa shape index (κ2) is 15.2. The molecule has 0 bridgehead atoms. The average Bonchev–Trinajstić information content (AvgIpc) is 3.31. The molecule has 1 aromatic heterocycles. The Bertz CT molecular complexity index is 937.